The molecule has 1 amide bonds. The first-order chi connectivity index (χ1) is 11.1. The van der Waals surface area contributed by atoms with E-state index < -0.39 is 0 Å². The molecule has 5 heteroatoms. The molecule has 2 aromatic heterocycles. The second-order valence-electron chi connectivity index (χ2n) is 5.74. The van der Waals surface area contributed by atoms with Crippen LogP contribution in [0.5, 0.6) is 0 Å². The smallest absolute Gasteiger partial charge is 0.263 e. The highest BCUT2D eigenvalue weighted by Crippen LogP contribution is 2.31. The van der Waals surface area contributed by atoms with Crippen LogP contribution < -0.4 is 0 Å². The third-order valence-corrected chi connectivity index (χ3v) is 5.05. The van der Waals surface area contributed by atoms with Crippen LogP contribution in [0.3, 0.4) is 0 Å². The Balaban J connectivity index is 1.98. The maximum absolute atomic E-state index is 12.6. The van der Waals surface area contributed by atoms with Crippen molar-refractivity contribution in [1.29, 1.82) is 0 Å². The Morgan fingerprint density at radius 1 is 1.30 bits per heavy atom. The molecule has 0 radical (unpaired) electrons. The topological polar surface area (TPSA) is 38.1 Å². The Morgan fingerprint density at radius 2 is 2.04 bits per heavy atom. The van der Waals surface area contributed by atoms with Crippen molar-refractivity contribution in [3.8, 4) is 5.69 Å². The number of rotatable bonds is 5. The molecule has 0 aliphatic heterocycles. The normalized spacial score (nSPS) is 11.1. The zero-order chi connectivity index (χ0) is 16.4. The summed E-state index contributed by atoms with van der Waals surface area (Å²) in [7, 11) is 1.87. The summed E-state index contributed by atoms with van der Waals surface area (Å²) < 4.78 is 1.93. The molecule has 4 nitrogen and oxygen atoms in total. The van der Waals surface area contributed by atoms with Crippen LogP contribution in [0.25, 0.3) is 15.9 Å². The van der Waals surface area contributed by atoms with Crippen molar-refractivity contribution >= 4 is 27.5 Å². The predicted molar refractivity (Wildman–Crippen MR) is 95.6 cm³/mol. The number of aromatic nitrogens is 2. The highest BCUT2D eigenvalue weighted by molar-refractivity contribution is 7.20. The summed E-state index contributed by atoms with van der Waals surface area (Å²) >= 11 is 1.52. The average molecular weight is 327 g/mol. The number of para-hydroxylation sites is 1. The van der Waals surface area contributed by atoms with Gasteiger partial charge in [0.25, 0.3) is 5.91 Å². The molecule has 0 spiro atoms. The molecule has 0 unspecified atom stereocenters. The molecule has 2 heterocycles. The van der Waals surface area contributed by atoms with E-state index in [0.717, 1.165) is 45.9 Å². The van der Waals surface area contributed by atoms with Crippen LogP contribution in [0, 0.1) is 6.92 Å². The van der Waals surface area contributed by atoms with Crippen molar-refractivity contribution in [3.63, 3.8) is 0 Å². The van der Waals surface area contributed by atoms with E-state index in [9.17, 15) is 4.79 Å². The van der Waals surface area contributed by atoms with Crippen LogP contribution in [-0.2, 0) is 0 Å². The summed E-state index contributed by atoms with van der Waals surface area (Å²) in [5.41, 5.74) is 1.97. The molecule has 23 heavy (non-hydrogen) atoms. The van der Waals surface area contributed by atoms with Gasteiger partial charge in [0.1, 0.15) is 4.83 Å². The van der Waals surface area contributed by atoms with Crippen LogP contribution in [-0.4, -0.2) is 34.2 Å². The maximum atomic E-state index is 12.6. The summed E-state index contributed by atoms with van der Waals surface area (Å²) in [6.45, 7) is 4.92. The molecule has 0 saturated heterocycles. The number of unbranched alkanes of at least 4 members (excludes halogenated alkanes) is 1. The van der Waals surface area contributed by atoms with Crippen molar-refractivity contribution in [2.45, 2.75) is 26.7 Å². The Bertz CT molecular complexity index is 820. The molecule has 3 rings (SSSR count). The van der Waals surface area contributed by atoms with E-state index in [1.165, 1.54) is 11.3 Å². The molecule has 120 valence electrons. The van der Waals surface area contributed by atoms with E-state index in [-0.39, 0.29) is 5.91 Å². The van der Waals surface area contributed by atoms with Crippen molar-refractivity contribution in [2.24, 2.45) is 0 Å². The lowest BCUT2D eigenvalue weighted by molar-refractivity contribution is 0.0798. The molecule has 0 fully saturated rings. The molecule has 0 saturated carbocycles. The second-order valence-corrected chi connectivity index (χ2v) is 6.77. The predicted octanol–water partition coefficient (Wildman–Crippen LogP) is 4.27. The molecule has 0 aliphatic rings. The highest BCUT2D eigenvalue weighted by atomic mass is 32.1. The lowest BCUT2D eigenvalue weighted by atomic mass is 10.3. The van der Waals surface area contributed by atoms with Gasteiger partial charge in [0.05, 0.1) is 16.3 Å². The van der Waals surface area contributed by atoms with Gasteiger partial charge < -0.3 is 4.90 Å². The van der Waals surface area contributed by atoms with Gasteiger partial charge in [-0.2, -0.15) is 5.10 Å². The summed E-state index contributed by atoms with van der Waals surface area (Å²) in [5, 5.41) is 5.68. The van der Waals surface area contributed by atoms with Gasteiger partial charge in [-0.3, -0.25) is 4.79 Å². The molecule has 1 aromatic carbocycles. The minimum atomic E-state index is 0.0960. The van der Waals surface area contributed by atoms with E-state index in [1.54, 1.807) is 0 Å². The van der Waals surface area contributed by atoms with E-state index in [0.29, 0.717) is 0 Å². The first kappa shape index (κ1) is 15.7. The van der Waals surface area contributed by atoms with E-state index in [1.807, 2.05) is 60.0 Å². The van der Waals surface area contributed by atoms with Gasteiger partial charge in [0.2, 0.25) is 0 Å². The van der Waals surface area contributed by atoms with Gasteiger partial charge in [-0.15, -0.1) is 11.3 Å². The van der Waals surface area contributed by atoms with Crippen LogP contribution in [0.2, 0.25) is 0 Å². The van der Waals surface area contributed by atoms with Crippen molar-refractivity contribution in [3.05, 3.63) is 47.0 Å². The Labute approximate surface area is 140 Å². The zero-order valence-electron chi connectivity index (χ0n) is 13.7. The Kier molecular flexibility index (Phi) is 4.48. The van der Waals surface area contributed by atoms with Crippen LogP contribution in [0.15, 0.2) is 36.4 Å². The van der Waals surface area contributed by atoms with Gasteiger partial charge in [0.15, 0.2) is 0 Å². The first-order valence-corrected chi connectivity index (χ1v) is 8.73. The average Bonchev–Trinajstić information content (AvgIpc) is 3.13. The fourth-order valence-corrected chi connectivity index (χ4v) is 3.76. The highest BCUT2D eigenvalue weighted by Gasteiger charge is 2.19. The maximum Gasteiger partial charge on any atom is 0.263 e. The van der Waals surface area contributed by atoms with Gasteiger partial charge >= 0.3 is 0 Å². The molecule has 3 aromatic rings. The number of nitrogens with zero attached hydrogens (tertiary/aromatic N) is 3. The van der Waals surface area contributed by atoms with Crippen LogP contribution in [0.4, 0.5) is 0 Å². The van der Waals surface area contributed by atoms with E-state index in [2.05, 4.69) is 12.0 Å². The third kappa shape index (κ3) is 3.01. The molecular weight excluding hydrogens is 306 g/mol. The lowest BCUT2D eigenvalue weighted by Crippen LogP contribution is -2.26. The van der Waals surface area contributed by atoms with Gasteiger partial charge in [-0.1, -0.05) is 31.5 Å². The number of amides is 1. The number of thiophene rings is 1. The SMILES string of the molecule is CCCCN(C)C(=O)c1cc2c(C)nn(-c3ccccc3)c2s1. The summed E-state index contributed by atoms with van der Waals surface area (Å²) in [6, 6.07) is 12.0. The molecule has 0 bridgehead atoms. The summed E-state index contributed by atoms with van der Waals surface area (Å²) in [4.78, 5) is 16.2. The van der Waals surface area contributed by atoms with Gasteiger partial charge in [-0.25, -0.2) is 4.68 Å². The standard InChI is InChI=1S/C18H21N3OS/c1-4-5-11-20(3)17(22)16-12-15-13(2)19-21(18(15)23-16)14-9-7-6-8-10-14/h6-10,12H,4-5,11H2,1-3H3. The molecule has 0 aliphatic carbocycles. The number of carbonyl (C=O) groups is 1. The van der Waals surface area contributed by atoms with Crippen LogP contribution >= 0.6 is 11.3 Å². The van der Waals surface area contributed by atoms with E-state index >= 15 is 0 Å². The number of hydrogen-bond acceptors (Lipinski definition) is 3. The van der Waals surface area contributed by atoms with E-state index in [4.69, 9.17) is 0 Å². The first-order valence-electron chi connectivity index (χ1n) is 7.92. The van der Waals surface area contributed by atoms with Gasteiger partial charge in [-0.05, 0) is 31.5 Å². The largest absolute Gasteiger partial charge is 0.341 e. The van der Waals surface area contributed by atoms with Crippen molar-refractivity contribution in [1.82, 2.24) is 14.7 Å². The molecule has 0 atom stereocenters. The van der Waals surface area contributed by atoms with Crippen LogP contribution in [0.1, 0.15) is 35.1 Å². The molecular formula is C18H21N3OS. The van der Waals surface area contributed by atoms with Crippen molar-refractivity contribution < 1.29 is 4.79 Å². The number of hydrogen-bond donors (Lipinski definition) is 0. The van der Waals surface area contributed by atoms with Crippen molar-refractivity contribution in [2.75, 3.05) is 13.6 Å². The third-order valence-electron chi connectivity index (χ3n) is 3.95. The minimum Gasteiger partial charge on any atom is -0.341 e. The number of carbonyl (C=O) groups excluding carboxylic acids is 1. The molecule has 0 N–H and O–H groups in total. The number of benzene rings is 1. The quantitative estimate of drug-likeness (QED) is 0.702. The summed E-state index contributed by atoms with van der Waals surface area (Å²) in [5.74, 6) is 0.0960. The fourth-order valence-electron chi connectivity index (χ4n) is 2.58. The Morgan fingerprint density at radius 3 is 2.74 bits per heavy atom. The van der Waals surface area contributed by atoms with Gasteiger partial charge in [0, 0.05) is 19.0 Å². The fraction of sp³-hybridized carbons (Fsp3) is 0.333. The number of aryl methyl sites for hydroxylation is 1. The lowest BCUT2D eigenvalue weighted by Gasteiger charge is -2.15. The zero-order valence-corrected chi connectivity index (χ0v) is 14.6. The minimum absolute atomic E-state index is 0.0960. The Hall–Kier alpha value is -2.14. The monoisotopic (exact) mass is 327 g/mol. The second kappa shape index (κ2) is 6.54. The summed E-state index contributed by atoms with van der Waals surface area (Å²) in [6.07, 6.45) is 2.12. The number of fused-ring (bicyclic) bond motifs is 1.